The van der Waals surface area contributed by atoms with Crippen LogP contribution in [-0.4, -0.2) is 30.4 Å². The summed E-state index contributed by atoms with van der Waals surface area (Å²) >= 11 is 0. The monoisotopic (exact) mass is 441 g/mol. The number of carbonyl (C=O) groups excluding carboxylic acids is 1. The molecule has 0 spiro atoms. The predicted molar refractivity (Wildman–Crippen MR) is 131 cm³/mol. The zero-order valence-corrected chi connectivity index (χ0v) is 18.6. The molecule has 0 N–H and O–H groups in total. The third-order valence-corrected chi connectivity index (χ3v) is 5.12. The molecule has 0 radical (unpaired) electrons. The Morgan fingerprint density at radius 3 is 2.42 bits per heavy atom. The molecule has 168 valence electrons. The van der Waals surface area contributed by atoms with E-state index in [9.17, 15) is 4.79 Å². The van der Waals surface area contributed by atoms with Crippen molar-refractivity contribution in [3.63, 3.8) is 0 Å². The van der Waals surface area contributed by atoms with E-state index in [-0.39, 0.29) is 5.97 Å². The SMILES string of the molecule is CCOC(=O)C(=Cc1ccccc1)n1ccc2cc(OCCOCc3ccccc3)ccc21. The smallest absolute Gasteiger partial charge is 0.355 e. The summed E-state index contributed by atoms with van der Waals surface area (Å²) in [5.74, 6) is 0.392. The summed E-state index contributed by atoms with van der Waals surface area (Å²) < 4.78 is 18.7. The van der Waals surface area contributed by atoms with Crippen LogP contribution >= 0.6 is 0 Å². The second-order valence-corrected chi connectivity index (χ2v) is 7.45. The van der Waals surface area contributed by atoms with E-state index in [4.69, 9.17) is 14.2 Å². The van der Waals surface area contributed by atoms with Gasteiger partial charge in [-0.2, -0.15) is 0 Å². The molecule has 0 unspecified atom stereocenters. The predicted octanol–water partition coefficient (Wildman–Crippen LogP) is 5.80. The van der Waals surface area contributed by atoms with Crippen LogP contribution in [0.15, 0.2) is 91.1 Å². The second-order valence-electron chi connectivity index (χ2n) is 7.45. The van der Waals surface area contributed by atoms with Gasteiger partial charge in [-0.1, -0.05) is 60.7 Å². The van der Waals surface area contributed by atoms with Crippen molar-refractivity contribution in [2.45, 2.75) is 13.5 Å². The van der Waals surface area contributed by atoms with Gasteiger partial charge in [0.2, 0.25) is 0 Å². The zero-order chi connectivity index (χ0) is 22.9. The number of fused-ring (bicyclic) bond motifs is 1. The Morgan fingerprint density at radius 2 is 1.67 bits per heavy atom. The van der Waals surface area contributed by atoms with Gasteiger partial charge >= 0.3 is 5.97 Å². The van der Waals surface area contributed by atoms with Gasteiger partial charge in [-0.15, -0.1) is 0 Å². The standard InChI is InChI=1S/C28H27NO4/c1-2-32-28(30)27(19-22-9-5-3-6-10-22)29-16-15-24-20-25(13-14-26(24)29)33-18-17-31-21-23-11-7-4-8-12-23/h3-16,19-20H,2,17-18,21H2,1H3. The van der Waals surface area contributed by atoms with Crippen molar-refractivity contribution in [1.82, 2.24) is 4.57 Å². The molecule has 5 heteroatoms. The van der Waals surface area contributed by atoms with Crippen molar-refractivity contribution in [1.29, 1.82) is 0 Å². The van der Waals surface area contributed by atoms with E-state index in [1.54, 1.807) is 6.92 Å². The van der Waals surface area contributed by atoms with Gasteiger partial charge in [0.15, 0.2) is 0 Å². The van der Waals surface area contributed by atoms with Gasteiger partial charge in [-0.05, 0) is 48.4 Å². The number of hydrogen-bond donors (Lipinski definition) is 0. The maximum absolute atomic E-state index is 12.7. The molecule has 4 rings (SSSR count). The molecule has 0 aliphatic heterocycles. The molecule has 0 atom stereocenters. The van der Waals surface area contributed by atoms with E-state index in [0.29, 0.717) is 32.1 Å². The number of nitrogens with zero attached hydrogens (tertiary/aromatic N) is 1. The number of aromatic nitrogens is 1. The van der Waals surface area contributed by atoms with Crippen molar-refractivity contribution < 1.29 is 19.0 Å². The van der Waals surface area contributed by atoms with E-state index < -0.39 is 0 Å². The van der Waals surface area contributed by atoms with Crippen molar-refractivity contribution in [2.24, 2.45) is 0 Å². The van der Waals surface area contributed by atoms with E-state index in [0.717, 1.165) is 27.8 Å². The van der Waals surface area contributed by atoms with Crippen LogP contribution in [0.4, 0.5) is 0 Å². The first kappa shape index (κ1) is 22.4. The molecule has 4 aromatic rings. The molecule has 0 saturated carbocycles. The van der Waals surface area contributed by atoms with E-state index in [2.05, 4.69) is 0 Å². The summed E-state index contributed by atoms with van der Waals surface area (Å²) in [5, 5.41) is 0.973. The normalized spacial score (nSPS) is 11.5. The molecule has 0 bridgehead atoms. The Morgan fingerprint density at radius 1 is 0.909 bits per heavy atom. The summed E-state index contributed by atoms with van der Waals surface area (Å²) in [7, 11) is 0. The molecule has 33 heavy (non-hydrogen) atoms. The van der Waals surface area contributed by atoms with Crippen molar-refractivity contribution in [3.05, 3.63) is 102 Å². The maximum Gasteiger partial charge on any atom is 0.355 e. The molecule has 5 nitrogen and oxygen atoms in total. The highest BCUT2D eigenvalue weighted by atomic mass is 16.5. The summed E-state index contributed by atoms with van der Waals surface area (Å²) in [6.45, 7) is 3.64. The van der Waals surface area contributed by atoms with Crippen LogP contribution in [0.2, 0.25) is 0 Å². The molecular formula is C28H27NO4. The largest absolute Gasteiger partial charge is 0.491 e. The minimum atomic E-state index is -0.366. The first-order valence-corrected chi connectivity index (χ1v) is 11.0. The highest BCUT2D eigenvalue weighted by Gasteiger charge is 2.16. The molecular weight excluding hydrogens is 414 g/mol. The molecule has 0 aliphatic carbocycles. The van der Waals surface area contributed by atoms with E-state index in [1.165, 1.54) is 0 Å². The molecule has 1 heterocycles. The van der Waals surface area contributed by atoms with Gasteiger partial charge in [0.25, 0.3) is 0 Å². The minimum Gasteiger partial charge on any atom is -0.491 e. The van der Waals surface area contributed by atoms with Crippen LogP contribution in [-0.2, 0) is 20.9 Å². The number of rotatable bonds is 10. The third-order valence-electron chi connectivity index (χ3n) is 5.12. The van der Waals surface area contributed by atoms with Gasteiger partial charge in [-0.3, -0.25) is 0 Å². The average molecular weight is 442 g/mol. The lowest BCUT2D eigenvalue weighted by Gasteiger charge is -2.11. The fourth-order valence-corrected chi connectivity index (χ4v) is 3.54. The molecule has 0 amide bonds. The van der Waals surface area contributed by atoms with Crippen molar-refractivity contribution in [3.8, 4) is 5.75 Å². The fraction of sp³-hybridized carbons (Fsp3) is 0.179. The summed E-state index contributed by atoms with van der Waals surface area (Å²) in [4.78, 5) is 12.7. The van der Waals surface area contributed by atoms with E-state index in [1.807, 2.05) is 102 Å². The van der Waals surface area contributed by atoms with E-state index >= 15 is 0 Å². The van der Waals surface area contributed by atoms with Crippen LogP contribution < -0.4 is 4.74 Å². The van der Waals surface area contributed by atoms with Crippen LogP contribution in [0, 0.1) is 0 Å². The van der Waals surface area contributed by atoms with Crippen LogP contribution in [0.1, 0.15) is 18.1 Å². The molecule has 1 aromatic heterocycles. The molecule has 3 aromatic carbocycles. The first-order chi connectivity index (χ1) is 16.2. The minimum absolute atomic E-state index is 0.314. The van der Waals surface area contributed by atoms with Crippen molar-refractivity contribution in [2.75, 3.05) is 19.8 Å². The number of ether oxygens (including phenoxy) is 3. The lowest BCUT2D eigenvalue weighted by atomic mass is 10.2. The Bertz CT molecular complexity index is 1210. The van der Waals surface area contributed by atoms with Gasteiger partial charge in [0, 0.05) is 11.6 Å². The Hall–Kier alpha value is -3.83. The Labute approximate surface area is 193 Å². The molecule has 0 fully saturated rings. The zero-order valence-electron chi connectivity index (χ0n) is 18.6. The third kappa shape index (κ3) is 5.90. The van der Waals surface area contributed by atoms with Gasteiger partial charge < -0.3 is 18.8 Å². The van der Waals surface area contributed by atoms with Crippen LogP contribution in [0.25, 0.3) is 22.7 Å². The van der Waals surface area contributed by atoms with Crippen molar-refractivity contribution >= 4 is 28.6 Å². The highest BCUT2D eigenvalue weighted by Crippen LogP contribution is 2.26. The van der Waals surface area contributed by atoms with Gasteiger partial charge in [0.1, 0.15) is 18.1 Å². The second kappa shape index (κ2) is 11.2. The number of benzene rings is 3. The van der Waals surface area contributed by atoms with Crippen LogP contribution in [0.3, 0.4) is 0 Å². The van der Waals surface area contributed by atoms with Gasteiger partial charge in [-0.25, -0.2) is 4.79 Å². The highest BCUT2D eigenvalue weighted by molar-refractivity contribution is 6.17. The van der Waals surface area contributed by atoms with Gasteiger partial charge in [0.05, 0.1) is 25.3 Å². The summed E-state index contributed by atoms with van der Waals surface area (Å²) in [5.41, 5.74) is 3.43. The summed E-state index contributed by atoms with van der Waals surface area (Å²) in [6.07, 6.45) is 3.72. The quantitative estimate of drug-likeness (QED) is 0.177. The molecule has 0 saturated heterocycles. The maximum atomic E-state index is 12.7. The number of esters is 1. The summed E-state index contributed by atoms with van der Waals surface area (Å²) in [6, 6.07) is 27.6. The molecule has 0 aliphatic rings. The topological polar surface area (TPSA) is 49.7 Å². The first-order valence-electron chi connectivity index (χ1n) is 11.0. The lowest BCUT2D eigenvalue weighted by molar-refractivity contribution is -0.136. The number of carbonyl (C=O) groups is 1. The van der Waals surface area contributed by atoms with Crippen LogP contribution in [0.5, 0.6) is 5.75 Å². The average Bonchev–Trinajstić information content (AvgIpc) is 3.27. The number of hydrogen-bond acceptors (Lipinski definition) is 4. The Kier molecular flexibility index (Phi) is 7.56. The fourth-order valence-electron chi connectivity index (χ4n) is 3.54. The Balaban J connectivity index is 1.45. The lowest BCUT2D eigenvalue weighted by Crippen LogP contribution is -2.11.